The van der Waals surface area contributed by atoms with Gasteiger partial charge in [-0.05, 0) is 19.9 Å². The Kier molecular flexibility index (Phi) is 6.78. The van der Waals surface area contributed by atoms with E-state index in [0.29, 0.717) is 11.4 Å². The fourth-order valence-corrected chi connectivity index (χ4v) is 2.91. The molecule has 2 aromatic rings. The molecule has 28 heavy (non-hydrogen) atoms. The number of nitrogens with one attached hydrogen (secondary N) is 1. The van der Waals surface area contributed by atoms with Gasteiger partial charge in [-0.2, -0.15) is 0 Å². The van der Waals surface area contributed by atoms with Gasteiger partial charge in [0.05, 0.1) is 39.6 Å². The van der Waals surface area contributed by atoms with Gasteiger partial charge in [0.25, 0.3) is 11.6 Å². The highest BCUT2D eigenvalue weighted by atomic mass is 16.6. The minimum Gasteiger partial charge on any atom is -0.460 e. The van der Waals surface area contributed by atoms with Gasteiger partial charge in [0.15, 0.2) is 0 Å². The summed E-state index contributed by atoms with van der Waals surface area (Å²) in [4.78, 5) is 40.6. The van der Waals surface area contributed by atoms with Gasteiger partial charge < -0.3 is 14.8 Å². The number of hydrogen-bond acceptors (Lipinski definition) is 7. The first kappa shape index (κ1) is 21.0. The normalized spacial score (nSPS) is 10.4. The number of nitro groups is 1. The van der Waals surface area contributed by atoms with Gasteiger partial charge in [0, 0.05) is 25.8 Å². The van der Waals surface area contributed by atoms with E-state index in [4.69, 9.17) is 9.47 Å². The van der Waals surface area contributed by atoms with Crippen molar-refractivity contribution in [3.8, 4) is 11.1 Å². The molecular formula is C19H21N3O6. The van der Waals surface area contributed by atoms with Crippen LogP contribution in [0.5, 0.6) is 0 Å². The number of amides is 1. The lowest BCUT2D eigenvalue weighted by molar-refractivity contribution is -0.384. The number of methoxy groups -OCH3 is 1. The molecule has 0 bridgehead atoms. The number of aromatic nitrogens is 1. The Balaban J connectivity index is 2.85. The summed E-state index contributed by atoms with van der Waals surface area (Å²) >= 11 is 0. The number of hydrogen-bond donors (Lipinski definition) is 1. The highest BCUT2D eigenvalue weighted by molar-refractivity contribution is 6.09. The summed E-state index contributed by atoms with van der Waals surface area (Å²) < 4.78 is 10.1. The number of nitro benzene ring substituents is 1. The zero-order valence-electron chi connectivity index (χ0n) is 16.1. The van der Waals surface area contributed by atoms with E-state index in [1.54, 1.807) is 19.9 Å². The molecule has 0 fully saturated rings. The van der Waals surface area contributed by atoms with Crippen LogP contribution in [-0.4, -0.2) is 49.2 Å². The Morgan fingerprint density at radius 3 is 2.39 bits per heavy atom. The first-order valence-electron chi connectivity index (χ1n) is 8.46. The Labute approximate surface area is 161 Å². The third kappa shape index (κ3) is 4.15. The summed E-state index contributed by atoms with van der Waals surface area (Å²) in [5.41, 5.74) is 0.774. The molecule has 0 atom stereocenters. The van der Waals surface area contributed by atoms with Gasteiger partial charge in [0.1, 0.15) is 6.61 Å². The molecule has 0 aliphatic carbocycles. The quantitative estimate of drug-likeness (QED) is 0.335. The predicted molar refractivity (Wildman–Crippen MR) is 101 cm³/mol. The van der Waals surface area contributed by atoms with Crippen LogP contribution < -0.4 is 5.32 Å². The Morgan fingerprint density at radius 2 is 1.79 bits per heavy atom. The van der Waals surface area contributed by atoms with E-state index in [1.807, 2.05) is 0 Å². The maximum Gasteiger partial charge on any atom is 0.340 e. The highest BCUT2D eigenvalue weighted by Gasteiger charge is 2.30. The number of nitrogens with zero attached hydrogens (tertiary/aromatic N) is 2. The van der Waals surface area contributed by atoms with Crippen LogP contribution in [0, 0.1) is 24.0 Å². The number of esters is 1. The minimum atomic E-state index is -0.736. The number of carbonyl (C=O) groups excluding carboxylic acids is 2. The van der Waals surface area contributed by atoms with Crippen molar-refractivity contribution in [1.82, 2.24) is 10.3 Å². The van der Waals surface area contributed by atoms with E-state index in [2.05, 4.69) is 10.3 Å². The number of pyridine rings is 1. The molecule has 0 spiro atoms. The number of aryl methyl sites for hydroxylation is 2. The Morgan fingerprint density at radius 1 is 1.14 bits per heavy atom. The fraction of sp³-hybridized carbons (Fsp3) is 0.316. The molecule has 1 N–H and O–H groups in total. The topological polar surface area (TPSA) is 121 Å². The lowest BCUT2D eigenvalue weighted by atomic mass is 9.91. The van der Waals surface area contributed by atoms with Crippen molar-refractivity contribution in [2.24, 2.45) is 0 Å². The second-order valence-electron chi connectivity index (χ2n) is 5.89. The largest absolute Gasteiger partial charge is 0.460 e. The molecule has 1 heterocycles. The first-order valence-corrected chi connectivity index (χ1v) is 8.46. The number of ether oxygens (including phenoxy) is 2. The van der Waals surface area contributed by atoms with Crippen molar-refractivity contribution in [1.29, 1.82) is 0 Å². The summed E-state index contributed by atoms with van der Waals surface area (Å²) in [7, 11) is 2.90. The van der Waals surface area contributed by atoms with E-state index < -0.39 is 16.8 Å². The number of carbonyl (C=O) groups is 2. The molecule has 0 unspecified atom stereocenters. The van der Waals surface area contributed by atoms with Crippen LogP contribution in [0.1, 0.15) is 32.1 Å². The molecule has 1 amide bonds. The smallest absolute Gasteiger partial charge is 0.340 e. The minimum absolute atomic E-state index is 0.00567. The molecule has 1 aromatic carbocycles. The van der Waals surface area contributed by atoms with Crippen molar-refractivity contribution in [3.63, 3.8) is 0 Å². The maximum absolute atomic E-state index is 12.8. The Hall–Kier alpha value is -3.33. The van der Waals surface area contributed by atoms with Crippen molar-refractivity contribution in [2.45, 2.75) is 13.8 Å². The standard InChI is InChI=1S/C19H21N3O6/c1-11-15(18(23)20-3)17(13-7-5-6-8-14(13)22(25)26)16(12(2)21-11)19(24)28-10-9-27-4/h5-8H,9-10H2,1-4H3,(H,20,23). The number of benzene rings is 1. The van der Waals surface area contributed by atoms with Crippen LogP contribution in [0.4, 0.5) is 5.69 Å². The SMILES string of the molecule is CNC(=O)c1c(C)nc(C)c(C(=O)OCCOC)c1-c1ccccc1[N+](=O)[O-]. The van der Waals surface area contributed by atoms with Crippen LogP contribution in [0.3, 0.4) is 0 Å². The van der Waals surface area contributed by atoms with E-state index in [-0.39, 0.29) is 41.2 Å². The molecule has 0 saturated heterocycles. The lowest BCUT2D eigenvalue weighted by Crippen LogP contribution is -2.24. The molecule has 1 aromatic heterocycles. The molecule has 9 heteroatoms. The summed E-state index contributed by atoms with van der Waals surface area (Å²) in [5, 5.41) is 14.1. The third-order valence-corrected chi connectivity index (χ3v) is 4.11. The molecule has 0 saturated carbocycles. The molecule has 2 rings (SSSR count). The van der Waals surface area contributed by atoms with Gasteiger partial charge in [-0.15, -0.1) is 0 Å². The van der Waals surface area contributed by atoms with E-state index in [9.17, 15) is 19.7 Å². The lowest BCUT2D eigenvalue weighted by Gasteiger charge is -2.18. The van der Waals surface area contributed by atoms with Crippen LogP contribution in [0.15, 0.2) is 24.3 Å². The summed E-state index contributed by atoms with van der Waals surface area (Å²) in [6.45, 7) is 3.38. The molecule has 9 nitrogen and oxygen atoms in total. The predicted octanol–water partition coefficient (Wildman–Crippen LogP) is 2.44. The van der Waals surface area contributed by atoms with Crippen molar-refractivity contribution in [3.05, 3.63) is 56.9 Å². The van der Waals surface area contributed by atoms with Crippen LogP contribution in [0.2, 0.25) is 0 Å². The first-order chi connectivity index (χ1) is 13.3. The zero-order chi connectivity index (χ0) is 20.8. The monoisotopic (exact) mass is 387 g/mol. The van der Waals surface area contributed by atoms with Crippen molar-refractivity contribution < 1.29 is 24.0 Å². The van der Waals surface area contributed by atoms with Gasteiger partial charge in [-0.1, -0.05) is 12.1 Å². The maximum atomic E-state index is 12.8. The zero-order valence-corrected chi connectivity index (χ0v) is 16.1. The van der Waals surface area contributed by atoms with E-state index >= 15 is 0 Å². The second kappa shape index (κ2) is 9.05. The molecule has 0 aliphatic heterocycles. The van der Waals surface area contributed by atoms with Crippen LogP contribution >= 0.6 is 0 Å². The molecule has 0 radical (unpaired) electrons. The number of para-hydroxylation sites is 1. The molecule has 148 valence electrons. The second-order valence-corrected chi connectivity index (χ2v) is 5.89. The van der Waals surface area contributed by atoms with Gasteiger partial charge in [0.2, 0.25) is 0 Å². The average molecular weight is 387 g/mol. The van der Waals surface area contributed by atoms with Crippen molar-refractivity contribution in [2.75, 3.05) is 27.4 Å². The fourth-order valence-electron chi connectivity index (χ4n) is 2.91. The van der Waals surface area contributed by atoms with E-state index in [0.717, 1.165) is 0 Å². The van der Waals surface area contributed by atoms with Crippen LogP contribution in [-0.2, 0) is 9.47 Å². The van der Waals surface area contributed by atoms with Gasteiger partial charge in [-0.25, -0.2) is 4.79 Å². The van der Waals surface area contributed by atoms with Gasteiger partial charge >= 0.3 is 5.97 Å². The molecule has 0 aliphatic rings. The van der Waals surface area contributed by atoms with E-state index in [1.165, 1.54) is 32.4 Å². The molecular weight excluding hydrogens is 366 g/mol. The highest BCUT2D eigenvalue weighted by Crippen LogP contribution is 2.37. The van der Waals surface area contributed by atoms with Crippen LogP contribution in [0.25, 0.3) is 11.1 Å². The van der Waals surface area contributed by atoms with Gasteiger partial charge in [-0.3, -0.25) is 19.9 Å². The third-order valence-electron chi connectivity index (χ3n) is 4.11. The summed E-state index contributed by atoms with van der Waals surface area (Å²) in [6, 6.07) is 5.92. The number of rotatable bonds is 7. The summed E-state index contributed by atoms with van der Waals surface area (Å²) in [5.74, 6) is -1.25. The Bertz CT molecular complexity index is 926. The summed E-state index contributed by atoms with van der Waals surface area (Å²) in [6.07, 6.45) is 0. The van der Waals surface area contributed by atoms with Crippen molar-refractivity contribution >= 4 is 17.6 Å². The average Bonchev–Trinajstić information content (AvgIpc) is 2.66.